The lowest BCUT2D eigenvalue weighted by Gasteiger charge is -2.27. The summed E-state index contributed by atoms with van der Waals surface area (Å²) in [6.45, 7) is 1.50. The number of aromatic amines is 1. The second-order valence-corrected chi connectivity index (χ2v) is 7.13. The van der Waals surface area contributed by atoms with Crippen molar-refractivity contribution in [1.82, 2.24) is 14.9 Å². The lowest BCUT2D eigenvalue weighted by Crippen LogP contribution is -2.35. The third-order valence-electron chi connectivity index (χ3n) is 4.85. The highest BCUT2D eigenvalue weighted by atomic mass is 35.5. The Balaban J connectivity index is 1.59. The SMILES string of the molecule is O=c1[nH]c(-c2ccc(Cl)cc2)nc2c1CN(Cc1ccccc1[N+](=O)[O-])CC2. The maximum Gasteiger partial charge on any atom is 0.273 e. The zero-order valence-electron chi connectivity index (χ0n) is 14.9. The summed E-state index contributed by atoms with van der Waals surface area (Å²) in [5.41, 5.74) is 2.74. The first kappa shape index (κ1) is 18.3. The van der Waals surface area contributed by atoms with Gasteiger partial charge in [0.05, 0.1) is 16.2 Å². The lowest BCUT2D eigenvalue weighted by atomic mass is 10.0. The van der Waals surface area contributed by atoms with E-state index < -0.39 is 0 Å². The number of hydrogen-bond acceptors (Lipinski definition) is 5. The van der Waals surface area contributed by atoms with Crippen LogP contribution in [0.4, 0.5) is 5.69 Å². The van der Waals surface area contributed by atoms with E-state index in [1.165, 1.54) is 6.07 Å². The second kappa shape index (κ2) is 7.53. The number of nitrogens with zero attached hydrogens (tertiary/aromatic N) is 3. The van der Waals surface area contributed by atoms with E-state index in [1.807, 2.05) is 17.0 Å². The van der Waals surface area contributed by atoms with Crippen molar-refractivity contribution in [2.75, 3.05) is 6.54 Å². The topological polar surface area (TPSA) is 92.1 Å². The van der Waals surface area contributed by atoms with Gasteiger partial charge in [-0.25, -0.2) is 4.98 Å². The van der Waals surface area contributed by atoms with E-state index in [2.05, 4.69) is 9.97 Å². The molecule has 3 aromatic rings. The van der Waals surface area contributed by atoms with Crippen molar-refractivity contribution < 1.29 is 4.92 Å². The average molecular weight is 397 g/mol. The highest BCUT2D eigenvalue weighted by Gasteiger charge is 2.23. The van der Waals surface area contributed by atoms with Crippen LogP contribution in [0.1, 0.15) is 16.8 Å². The summed E-state index contributed by atoms with van der Waals surface area (Å²) in [4.78, 5) is 33.0. The number of hydrogen-bond donors (Lipinski definition) is 1. The fourth-order valence-corrected chi connectivity index (χ4v) is 3.55. The Morgan fingerprint density at radius 1 is 1.18 bits per heavy atom. The quantitative estimate of drug-likeness (QED) is 0.537. The molecule has 8 heteroatoms. The van der Waals surface area contributed by atoms with Crippen LogP contribution in [-0.2, 0) is 19.5 Å². The van der Waals surface area contributed by atoms with E-state index in [0.29, 0.717) is 48.0 Å². The largest absolute Gasteiger partial charge is 0.306 e. The second-order valence-electron chi connectivity index (χ2n) is 6.69. The standard InChI is InChI=1S/C20H17ClN4O3/c21-15-7-5-13(6-8-15)19-22-17-9-10-24(12-16(17)20(26)23-19)11-14-3-1-2-4-18(14)25(27)28/h1-8H,9-12H2,(H,22,23,26). The van der Waals surface area contributed by atoms with Crippen molar-refractivity contribution in [3.05, 3.63) is 90.8 Å². The molecule has 0 radical (unpaired) electrons. The van der Waals surface area contributed by atoms with E-state index in [1.54, 1.807) is 30.3 Å². The highest BCUT2D eigenvalue weighted by Crippen LogP contribution is 2.24. The molecular weight excluding hydrogens is 380 g/mol. The van der Waals surface area contributed by atoms with Crippen molar-refractivity contribution >= 4 is 17.3 Å². The van der Waals surface area contributed by atoms with Crippen molar-refractivity contribution in [3.8, 4) is 11.4 Å². The number of para-hydroxylation sites is 1. The number of rotatable bonds is 4. The fourth-order valence-electron chi connectivity index (χ4n) is 3.42. The normalized spacial score (nSPS) is 13.9. The summed E-state index contributed by atoms with van der Waals surface area (Å²) in [5.74, 6) is 0.521. The lowest BCUT2D eigenvalue weighted by molar-refractivity contribution is -0.385. The third kappa shape index (κ3) is 3.67. The van der Waals surface area contributed by atoms with Crippen molar-refractivity contribution in [2.24, 2.45) is 0 Å². The van der Waals surface area contributed by atoms with Gasteiger partial charge in [0.1, 0.15) is 5.82 Å². The third-order valence-corrected chi connectivity index (χ3v) is 5.10. The number of nitro groups is 1. The molecule has 0 saturated carbocycles. The van der Waals surface area contributed by atoms with Crippen LogP contribution in [0.15, 0.2) is 53.3 Å². The Labute approximate surface area is 165 Å². The Morgan fingerprint density at radius 3 is 2.68 bits per heavy atom. The Bertz CT molecular complexity index is 1100. The summed E-state index contributed by atoms with van der Waals surface area (Å²) in [6.07, 6.45) is 0.612. The first-order valence-electron chi connectivity index (χ1n) is 8.84. The molecule has 1 aliphatic rings. The minimum atomic E-state index is -0.375. The molecule has 142 valence electrons. The highest BCUT2D eigenvalue weighted by molar-refractivity contribution is 6.30. The van der Waals surface area contributed by atoms with Crippen molar-refractivity contribution in [2.45, 2.75) is 19.5 Å². The van der Waals surface area contributed by atoms with Gasteiger partial charge in [-0.15, -0.1) is 0 Å². The van der Waals surface area contributed by atoms with Crippen LogP contribution in [0.3, 0.4) is 0 Å². The van der Waals surface area contributed by atoms with Gasteiger partial charge in [-0.2, -0.15) is 0 Å². The number of halogens is 1. The number of fused-ring (bicyclic) bond motifs is 1. The molecule has 0 fully saturated rings. The van der Waals surface area contributed by atoms with Gasteiger partial charge in [0.25, 0.3) is 11.2 Å². The zero-order chi connectivity index (χ0) is 19.7. The van der Waals surface area contributed by atoms with Gasteiger partial charge in [-0.3, -0.25) is 19.8 Å². The van der Waals surface area contributed by atoms with Crippen molar-refractivity contribution in [3.63, 3.8) is 0 Å². The van der Waals surface area contributed by atoms with Crippen LogP contribution in [0.25, 0.3) is 11.4 Å². The molecule has 1 N–H and O–H groups in total. The number of nitrogens with one attached hydrogen (secondary N) is 1. The minimum absolute atomic E-state index is 0.0958. The summed E-state index contributed by atoms with van der Waals surface area (Å²) in [6, 6.07) is 13.8. The van der Waals surface area contributed by atoms with Crippen LogP contribution in [-0.4, -0.2) is 26.3 Å². The van der Waals surface area contributed by atoms with E-state index >= 15 is 0 Å². The summed E-state index contributed by atoms with van der Waals surface area (Å²) in [5, 5.41) is 11.8. The van der Waals surface area contributed by atoms with Gasteiger partial charge < -0.3 is 4.98 Å². The molecule has 0 bridgehead atoms. The van der Waals surface area contributed by atoms with Crippen LogP contribution >= 0.6 is 11.6 Å². The summed E-state index contributed by atoms with van der Waals surface area (Å²) in [7, 11) is 0. The first-order chi connectivity index (χ1) is 13.5. The van der Waals surface area contributed by atoms with Crippen LogP contribution in [0.5, 0.6) is 0 Å². The number of benzene rings is 2. The summed E-state index contributed by atoms with van der Waals surface area (Å²) < 4.78 is 0. The summed E-state index contributed by atoms with van der Waals surface area (Å²) >= 11 is 5.92. The molecule has 0 atom stereocenters. The van der Waals surface area contributed by atoms with Crippen LogP contribution in [0, 0.1) is 10.1 Å². The Morgan fingerprint density at radius 2 is 1.93 bits per heavy atom. The molecule has 2 aromatic carbocycles. The molecule has 2 heterocycles. The molecule has 0 saturated heterocycles. The monoisotopic (exact) mass is 396 g/mol. The molecule has 0 spiro atoms. The minimum Gasteiger partial charge on any atom is -0.306 e. The molecular formula is C20H17ClN4O3. The Hall–Kier alpha value is -3.03. The number of aromatic nitrogens is 2. The zero-order valence-corrected chi connectivity index (χ0v) is 15.6. The van der Waals surface area contributed by atoms with Gasteiger partial charge in [0.15, 0.2) is 0 Å². The van der Waals surface area contributed by atoms with Gasteiger partial charge >= 0.3 is 0 Å². The molecule has 1 aliphatic heterocycles. The van der Waals surface area contributed by atoms with E-state index in [-0.39, 0.29) is 16.2 Å². The predicted octanol–water partition coefficient (Wildman–Crippen LogP) is 3.56. The number of nitro benzene ring substituents is 1. The fraction of sp³-hybridized carbons (Fsp3) is 0.200. The molecule has 1 aromatic heterocycles. The average Bonchev–Trinajstić information content (AvgIpc) is 2.69. The maximum atomic E-state index is 12.6. The van der Waals surface area contributed by atoms with Gasteiger partial charge in [0.2, 0.25) is 0 Å². The molecule has 0 aliphatic carbocycles. The van der Waals surface area contributed by atoms with Crippen LogP contribution < -0.4 is 5.56 Å². The molecule has 7 nitrogen and oxygen atoms in total. The smallest absolute Gasteiger partial charge is 0.273 e. The maximum absolute atomic E-state index is 12.6. The van der Waals surface area contributed by atoms with E-state index in [0.717, 1.165) is 11.3 Å². The van der Waals surface area contributed by atoms with Gasteiger partial charge in [-0.05, 0) is 24.3 Å². The molecule has 0 unspecified atom stereocenters. The molecule has 4 rings (SSSR count). The van der Waals surface area contributed by atoms with E-state index in [9.17, 15) is 14.9 Å². The van der Waals surface area contributed by atoms with Gasteiger partial charge in [-0.1, -0.05) is 29.8 Å². The predicted molar refractivity (Wildman–Crippen MR) is 106 cm³/mol. The Kier molecular flexibility index (Phi) is 4.93. The van der Waals surface area contributed by atoms with Crippen molar-refractivity contribution in [1.29, 1.82) is 0 Å². The van der Waals surface area contributed by atoms with Crippen LogP contribution in [0.2, 0.25) is 5.02 Å². The number of H-pyrrole nitrogens is 1. The van der Waals surface area contributed by atoms with E-state index in [4.69, 9.17) is 11.6 Å². The first-order valence-corrected chi connectivity index (χ1v) is 9.22. The van der Waals surface area contributed by atoms with Gasteiger partial charge in [0, 0.05) is 48.3 Å². The molecule has 28 heavy (non-hydrogen) atoms. The molecule has 0 amide bonds.